The molecule has 2 amide bonds. The zero-order chi connectivity index (χ0) is 20.4. The van der Waals surface area contributed by atoms with Crippen LogP contribution in [-0.2, 0) is 11.2 Å². The summed E-state index contributed by atoms with van der Waals surface area (Å²) in [5.41, 5.74) is 2.69. The monoisotopic (exact) mass is 392 g/mol. The van der Waals surface area contributed by atoms with Crippen molar-refractivity contribution in [3.8, 4) is 6.07 Å². The van der Waals surface area contributed by atoms with Crippen LogP contribution >= 0.6 is 0 Å². The summed E-state index contributed by atoms with van der Waals surface area (Å²) in [4.78, 5) is 28.9. The van der Waals surface area contributed by atoms with Crippen molar-refractivity contribution in [2.45, 2.75) is 64.0 Å². The number of rotatable bonds is 6. The number of H-pyrrole nitrogens is 1. The Morgan fingerprint density at radius 1 is 1.21 bits per heavy atom. The number of aromatic nitrogens is 1. The SMILES string of the molecule is CCc1ccc2[nH]c(C(=O)N[C@H]3CCCC[C@H]3C(=O)NC(C#N)C3CC3)cc2c1. The summed E-state index contributed by atoms with van der Waals surface area (Å²) in [6, 6.07) is 9.65. The molecule has 2 aromatic rings. The van der Waals surface area contributed by atoms with E-state index in [1.165, 1.54) is 5.56 Å². The van der Waals surface area contributed by atoms with Gasteiger partial charge in [-0.2, -0.15) is 5.26 Å². The summed E-state index contributed by atoms with van der Waals surface area (Å²) in [5, 5.41) is 16.3. The summed E-state index contributed by atoms with van der Waals surface area (Å²) in [5.74, 6) is -0.265. The Balaban J connectivity index is 1.45. The van der Waals surface area contributed by atoms with Crippen LogP contribution in [0.2, 0.25) is 0 Å². The number of aryl methyl sites for hydroxylation is 1. The van der Waals surface area contributed by atoms with Crippen LogP contribution in [0.15, 0.2) is 24.3 Å². The largest absolute Gasteiger partial charge is 0.351 e. The van der Waals surface area contributed by atoms with E-state index in [-0.39, 0.29) is 23.8 Å². The number of nitrogens with zero attached hydrogens (tertiary/aromatic N) is 1. The lowest BCUT2D eigenvalue weighted by atomic mass is 9.83. The number of hydrogen-bond donors (Lipinski definition) is 3. The van der Waals surface area contributed by atoms with Gasteiger partial charge in [-0.05, 0) is 61.8 Å². The van der Waals surface area contributed by atoms with Crippen molar-refractivity contribution in [2.75, 3.05) is 0 Å². The summed E-state index contributed by atoms with van der Waals surface area (Å²) in [6.07, 6.45) is 6.44. The Kier molecular flexibility index (Phi) is 5.57. The minimum absolute atomic E-state index is 0.0994. The van der Waals surface area contributed by atoms with Crippen molar-refractivity contribution >= 4 is 22.7 Å². The second kappa shape index (κ2) is 8.28. The van der Waals surface area contributed by atoms with Gasteiger partial charge in [-0.25, -0.2) is 0 Å². The molecule has 0 spiro atoms. The lowest BCUT2D eigenvalue weighted by Crippen LogP contribution is -2.50. The summed E-state index contributed by atoms with van der Waals surface area (Å²) in [6.45, 7) is 2.11. The maximum atomic E-state index is 12.9. The van der Waals surface area contributed by atoms with Crippen molar-refractivity contribution in [2.24, 2.45) is 11.8 Å². The predicted molar refractivity (Wildman–Crippen MR) is 111 cm³/mol. The van der Waals surface area contributed by atoms with Crippen LogP contribution in [0.5, 0.6) is 0 Å². The fourth-order valence-electron chi connectivity index (χ4n) is 4.33. The third kappa shape index (κ3) is 4.29. The van der Waals surface area contributed by atoms with Gasteiger partial charge in [0.15, 0.2) is 0 Å². The number of carbonyl (C=O) groups is 2. The van der Waals surface area contributed by atoms with Crippen LogP contribution in [0, 0.1) is 23.2 Å². The van der Waals surface area contributed by atoms with E-state index in [9.17, 15) is 14.9 Å². The highest BCUT2D eigenvalue weighted by molar-refractivity contribution is 5.98. The minimum atomic E-state index is -0.401. The van der Waals surface area contributed by atoms with E-state index in [2.05, 4.69) is 40.7 Å². The first kappa shape index (κ1) is 19.5. The van der Waals surface area contributed by atoms with E-state index in [0.29, 0.717) is 11.6 Å². The van der Waals surface area contributed by atoms with Crippen LogP contribution < -0.4 is 10.6 Å². The average Bonchev–Trinajstić information content (AvgIpc) is 3.49. The number of nitriles is 1. The van der Waals surface area contributed by atoms with Gasteiger partial charge in [-0.1, -0.05) is 25.8 Å². The normalized spacial score (nSPS) is 22.6. The Bertz CT molecular complexity index is 953. The van der Waals surface area contributed by atoms with Crippen molar-refractivity contribution in [3.63, 3.8) is 0 Å². The third-order valence-electron chi connectivity index (χ3n) is 6.29. The van der Waals surface area contributed by atoms with Crippen LogP contribution in [0.25, 0.3) is 10.9 Å². The highest BCUT2D eigenvalue weighted by Gasteiger charge is 2.37. The van der Waals surface area contributed by atoms with Gasteiger partial charge in [0.05, 0.1) is 12.0 Å². The molecule has 2 fully saturated rings. The lowest BCUT2D eigenvalue weighted by molar-refractivity contribution is -0.127. The van der Waals surface area contributed by atoms with Gasteiger partial charge in [0.2, 0.25) is 5.91 Å². The molecule has 0 radical (unpaired) electrons. The van der Waals surface area contributed by atoms with Gasteiger partial charge in [0.1, 0.15) is 11.7 Å². The van der Waals surface area contributed by atoms with Crippen molar-refractivity contribution in [3.05, 3.63) is 35.5 Å². The molecule has 0 saturated heterocycles. The molecule has 1 aromatic carbocycles. The molecule has 6 heteroatoms. The van der Waals surface area contributed by atoms with E-state index >= 15 is 0 Å². The molecule has 3 N–H and O–H groups in total. The molecule has 3 atom stereocenters. The molecule has 1 unspecified atom stereocenters. The quantitative estimate of drug-likeness (QED) is 0.702. The first-order valence-electron chi connectivity index (χ1n) is 10.7. The third-order valence-corrected chi connectivity index (χ3v) is 6.29. The first-order valence-corrected chi connectivity index (χ1v) is 10.7. The second-order valence-electron chi connectivity index (χ2n) is 8.38. The molecular weight excluding hydrogens is 364 g/mol. The van der Waals surface area contributed by atoms with E-state index in [4.69, 9.17) is 0 Å². The number of carbonyl (C=O) groups excluding carboxylic acids is 2. The number of fused-ring (bicyclic) bond motifs is 1. The second-order valence-corrected chi connectivity index (χ2v) is 8.38. The van der Waals surface area contributed by atoms with E-state index in [0.717, 1.165) is 55.8 Å². The van der Waals surface area contributed by atoms with E-state index in [1.807, 2.05) is 12.1 Å². The molecule has 1 heterocycles. The van der Waals surface area contributed by atoms with Crippen LogP contribution in [0.3, 0.4) is 0 Å². The summed E-state index contributed by atoms with van der Waals surface area (Å²) >= 11 is 0. The molecule has 2 saturated carbocycles. The Hall–Kier alpha value is -2.81. The van der Waals surface area contributed by atoms with E-state index < -0.39 is 6.04 Å². The molecule has 2 aliphatic carbocycles. The van der Waals surface area contributed by atoms with Gasteiger partial charge >= 0.3 is 0 Å². The maximum Gasteiger partial charge on any atom is 0.267 e. The average molecular weight is 393 g/mol. The number of hydrogen-bond acceptors (Lipinski definition) is 3. The highest BCUT2D eigenvalue weighted by Crippen LogP contribution is 2.33. The molecule has 29 heavy (non-hydrogen) atoms. The number of benzene rings is 1. The molecule has 6 nitrogen and oxygen atoms in total. The zero-order valence-corrected chi connectivity index (χ0v) is 16.8. The smallest absolute Gasteiger partial charge is 0.267 e. The molecule has 0 aliphatic heterocycles. The Morgan fingerprint density at radius 2 is 2.00 bits per heavy atom. The zero-order valence-electron chi connectivity index (χ0n) is 16.8. The van der Waals surface area contributed by atoms with Crippen molar-refractivity contribution in [1.82, 2.24) is 15.6 Å². The van der Waals surface area contributed by atoms with E-state index in [1.54, 1.807) is 0 Å². The van der Waals surface area contributed by atoms with Crippen LogP contribution in [0.1, 0.15) is 61.5 Å². The summed E-state index contributed by atoms with van der Waals surface area (Å²) < 4.78 is 0. The molecule has 4 rings (SSSR count). The standard InChI is InChI=1S/C23H28N4O2/c1-2-14-7-10-18-16(11-14)12-20(25-18)23(29)26-19-6-4-3-5-17(19)22(28)27-21(13-24)15-8-9-15/h7,10-12,15,17,19,21,25H,2-6,8-9H2,1H3,(H,26,29)(H,27,28)/t17-,19+,21?/m1/s1. The first-order chi connectivity index (χ1) is 14.1. The molecule has 1 aromatic heterocycles. The predicted octanol–water partition coefficient (Wildman–Crippen LogP) is 3.44. The molecule has 0 bridgehead atoms. The summed E-state index contributed by atoms with van der Waals surface area (Å²) in [7, 11) is 0. The number of amides is 2. The van der Waals surface area contributed by atoms with Gasteiger partial charge in [-0.15, -0.1) is 0 Å². The number of aromatic amines is 1. The number of nitrogens with one attached hydrogen (secondary N) is 3. The van der Waals surface area contributed by atoms with Crippen LogP contribution in [0.4, 0.5) is 0 Å². The Morgan fingerprint density at radius 3 is 2.72 bits per heavy atom. The van der Waals surface area contributed by atoms with Crippen LogP contribution in [-0.4, -0.2) is 28.9 Å². The van der Waals surface area contributed by atoms with Gasteiger partial charge < -0.3 is 15.6 Å². The van der Waals surface area contributed by atoms with Gasteiger partial charge in [0.25, 0.3) is 5.91 Å². The lowest BCUT2D eigenvalue weighted by Gasteiger charge is -2.31. The Labute approximate surface area is 171 Å². The fraction of sp³-hybridized carbons (Fsp3) is 0.522. The molecular formula is C23H28N4O2. The maximum absolute atomic E-state index is 12.9. The van der Waals surface area contributed by atoms with Crippen molar-refractivity contribution in [1.29, 1.82) is 5.26 Å². The van der Waals surface area contributed by atoms with Gasteiger partial charge in [-0.3, -0.25) is 9.59 Å². The molecule has 152 valence electrons. The minimum Gasteiger partial charge on any atom is -0.351 e. The molecule has 2 aliphatic rings. The topological polar surface area (TPSA) is 97.8 Å². The fourth-order valence-corrected chi connectivity index (χ4v) is 4.33. The highest BCUT2D eigenvalue weighted by atomic mass is 16.2. The van der Waals surface area contributed by atoms with Crippen molar-refractivity contribution < 1.29 is 9.59 Å². The van der Waals surface area contributed by atoms with Gasteiger partial charge in [0, 0.05) is 16.9 Å².